The van der Waals surface area contributed by atoms with Crippen molar-refractivity contribution in [3.63, 3.8) is 0 Å². The number of halogens is 1. The number of aromatic nitrogens is 3. The van der Waals surface area contributed by atoms with E-state index in [1.807, 2.05) is 37.3 Å². The number of rotatable bonds is 6. The van der Waals surface area contributed by atoms with Crippen LogP contribution >= 0.6 is 0 Å². The van der Waals surface area contributed by atoms with Gasteiger partial charge in [0.05, 0.1) is 6.20 Å². The van der Waals surface area contributed by atoms with Crippen molar-refractivity contribution in [1.82, 2.24) is 15.2 Å². The van der Waals surface area contributed by atoms with Gasteiger partial charge in [-0.2, -0.15) is 10.1 Å². The Morgan fingerprint density at radius 3 is 2.67 bits per heavy atom. The average Bonchev–Trinajstić information content (AvgIpc) is 2.59. The molecule has 0 amide bonds. The number of anilines is 3. The highest BCUT2D eigenvalue weighted by Gasteiger charge is 2.04. The van der Waals surface area contributed by atoms with E-state index in [2.05, 4.69) is 25.8 Å². The van der Waals surface area contributed by atoms with Crippen LogP contribution in [0.25, 0.3) is 0 Å². The molecule has 0 aliphatic rings. The van der Waals surface area contributed by atoms with E-state index in [0.29, 0.717) is 30.3 Å². The fraction of sp³-hybridized carbons (Fsp3) is 0.167. The van der Waals surface area contributed by atoms with E-state index in [-0.39, 0.29) is 5.82 Å². The van der Waals surface area contributed by atoms with Gasteiger partial charge >= 0.3 is 0 Å². The summed E-state index contributed by atoms with van der Waals surface area (Å²) in [4.78, 5) is 4.37. The smallest absolute Gasteiger partial charge is 0.249 e. The van der Waals surface area contributed by atoms with Gasteiger partial charge in [-0.15, -0.1) is 5.10 Å². The van der Waals surface area contributed by atoms with Crippen molar-refractivity contribution in [3.05, 3.63) is 71.7 Å². The van der Waals surface area contributed by atoms with Crippen molar-refractivity contribution in [2.75, 3.05) is 17.2 Å². The molecule has 0 spiro atoms. The molecule has 24 heavy (non-hydrogen) atoms. The summed E-state index contributed by atoms with van der Waals surface area (Å²) in [5.74, 6) is 0.819. The number of para-hydroxylation sites is 1. The predicted molar refractivity (Wildman–Crippen MR) is 92.9 cm³/mol. The van der Waals surface area contributed by atoms with Crippen molar-refractivity contribution in [2.24, 2.45) is 0 Å². The topological polar surface area (TPSA) is 62.7 Å². The standard InChI is InChI=1S/C18H18FN5/c1-13-6-2-5-9-16(13)22-18-23-17(12-21-24-18)20-11-10-14-7-3-4-8-15(14)19/h2-9,12H,10-11H2,1H3,(H2,20,22,23,24). The molecule has 122 valence electrons. The van der Waals surface area contributed by atoms with Crippen molar-refractivity contribution in [2.45, 2.75) is 13.3 Å². The molecule has 5 nitrogen and oxygen atoms in total. The Labute approximate surface area is 140 Å². The molecule has 2 N–H and O–H groups in total. The molecule has 0 fully saturated rings. The van der Waals surface area contributed by atoms with E-state index in [1.54, 1.807) is 18.3 Å². The van der Waals surface area contributed by atoms with Crippen LogP contribution in [0, 0.1) is 12.7 Å². The monoisotopic (exact) mass is 323 g/mol. The molecular weight excluding hydrogens is 305 g/mol. The van der Waals surface area contributed by atoms with Crippen LogP contribution in [0.3, 0.4) is 0 Å². The van der Waals surface area contributed by atoms with Crippen molar-refractivity contribution < 1.29 is 4.39 Å². The lowest BCUT2D eigenvalue weighted by molar-refractivity contribution is 0.610. The third kappa shape index (κ3) is 4.04. The molecule has 0 saturated heterocycles. The minimum Gasteiger partial charge on any atom is -0.368 e. The summed E-state index contributed by atoms with van der Waals surface area (Å²) in [5.41, 5.74) is 2.70. The summed E-state index contributed by atoms with van der Waals surface area (Å²) < 4.78 is 13.6. The van der Waals surface area contributed by atoms with E-state index >= 15 is 0 Å². The van der Waals surface area contributed by atoms with Gasteiger partial charge in [0.2, 0.25) is 5.95 Å². The largest absolute Gasteiger partial charge is 0.368 e. The summed E-state index contributed by atoms with van der Waals surface area (Å²) in [7, 11) is 0. The highest BCUT2D eigenvalue weighted by atomic mass is 19.1. The summed E-state index contributed by atoms with van der Waals surface area (Å²) in [5, 5.41) is 14.2. The first-order valence-electron chi connectivity index (χ1n) is 7.72. The Balaban J connectivity index is 1.61. The summed E-state index contributed by atoms with van der Waals surface area (Å²) in [6, 6.07) is 14.6. The van der Waals surface area contributed by atoms with Gasteiger partial charge in [-0.25, -0.2) is 4.39 Å². The molecule has 2 aromatic carbocycles. The molecule has 0 aliphatic carbocycles. The van der Waals surface area contributed by atoms with Gasteiger partial charge < -0.3 is 10.6 Å². The maximum Gasteiger partial charge on any atom is 0.249 e. The first-order chi connectivity index (χ1) is 11.7. The Hall–Kier alpha value is -3.02. The Morgan fingerprint density at radius 2 is 1.83 bits per heavy atom. The first-order valence-corrected chi connectivity index (χ1v) is 7.72. The van der Waals surface area contributed by atoms with Gasteiger partial charge in [-0.3, -0.25) is 0 Å². The second-order valence-corrected chi connectivity index (χ2v) is 5.37. The molecular formula is C18H18FN5. The second-order valence-electron chi connectivity index (χ2n) is 5.37. The van der Waals surface area contributed by atoms with Crippen LogP contribution in [-0.2, 0) is 6.42 Å². The number of benzene rings is 2. The molecule has 0 atom stereocenters. The lowest BCUT2D eigenvalue weighted by Crippen LogP contribution is -2.09. The van der Waals surface area contributed by atoms with E-state index in [1.165, 1.54) is 6.07 Å². The van der Waals surface area contributed by atoms with Crippen LogP contribution in [0.4, 0.5) is 21.8 Å². The summed E-state index contributed by atoms with van der Waals surface area (Å²) >= 11 is 0. The van der Waals surface area contributed by atoms with Gasteiger partial charge in [-0.05, 0) is 36.6 Å². The molecule has 0 radical (unpaired) electrons. The lowest BCUT2D eigenvalue weighted by Gasteiger charge is -2.09. The number of hydrogen-bond acceptors (Lipinski definition) is 5. The third-order valence-corrected chi connectivity index (χ3v) is 3.61. The van der Waals surface area contributed by atoms with Gasteiger partial charge in [-0.1, -0.05) is 36.4 Å². The minimum atomic E-state index is -0.193. The summed E-state index contributed by atoms with van der Waals surface area (Å²) in [6.45, 7) is 2.57. The maximum absolute atomic E-state index is 13.6. The summed E-state index contributed by atoms with van der Waals surface area (Å²) in [6.07, 6.45) is 2.11. The highest BCUT2D eigenvalue weighted by molar-refractivity contribution is 5.58. The zero-order chi connectivity index (χ0) is 16.8. The van der Waals surface area contributed by atoms with Crippen LogP contribution < -0.4 is 10.6 Å². The average molecular weight is 323 g/mol. The normalized spacial score (nSPS) is 10.4. The van der Waals surface area contributed by atoms with Gasteiger partial charge in [0, 0.05) is 12.2 Å². The molecule has 3 rings (SSSR count). The molecule has 0 unspecified atom stereocenters. The van der Waals surface area contributed by atoms with Crippen LogP contribution in [0.1, 0.15) is 11.1 Å². The van der Waals surface area contributed by atoms with E-state index in [9.17, 15) is 4.39 Å². The van der Waals surface area contributed by atoms with Crippen molar-refractivity contribution in [3.8, 4) is 0 Å². The Kier molecular flexibility index (Phi) is 4.96. The molecule has 1 aromatic heterocycles. The van der Waals surface area contributed by atoms with Gasteiger partial charge in [0.1, 0.15) is 5.82 Å². The predicted octanol–water partition coefficient (Wildman–Crippen LogP) is 3.72. The molecule has 0 aliphatic heterocycles. The lowest BCUT2D eigenvalue weighted by atomic mass is 10.1. The van der Waals surface area contributed by atoms with Crippen LogP contribution in [0.15, 0.2) is 54.7 Å². The Bertz CT molecular complexity index is 822. The molecule has 6 heteroatoms. The Morgan fingerprint density at radius 1 is 1.04 bits per heavy atom. The zero-order valence-corrected chi connectivity index (χ0v) is 13.3. The molecule has 0 saturated carbocycles. The van der Waals surface area contributed by atoms with Gasteiger partial charge in [0.15, 0.2) is 5.82 Å². The third-order valence-electron chi connectivity index (χ3n) is 3.61. The van der Waals surface area contributed by atoms with Gasteiger partial charge in [0.25, 0.3) is 0 Å². The highest BCUT2D eigenvalue weighted by Crippen LogP contribution is 2.17. The van der Waals surface area contributed by atoms with Crippen LogP contribution in [0.2, 0.25) is 0 Å². The fourth-order valence-electron chi connectivity index (χ4n) is 2.30. The second kappa shape index (κ2) is 7.50. The zero-order valence-electron chi connectivity index (χ0n) is 13.3. The van der Waals surface area contributed by atoms with Crippen LogP contribution in [0.5, 0.6) is 0 Å². The SMILES string of the molecule is Cc1ccccc1Nc1nncc(NCCc2ccccc2F)n1. The van der Waals surface area contributed by atoms with Crippen LogP contribution in [-0.4, -0.2) is 21.7 Å². The quantitative estimate of drug-likeness (QED) is 0.724. The number of nitrogens with zero attached hydrogens (tertiary/aromatic N) is 3. The number of hydrogen-bond donors (Lipinski definition) is 2. The number of aryl methyl sites for hydroxylation is 1. The molecule has 1 heterocycles. The molecule has 3 aromatic rings. The van der Waals surface area contributed by atoms with Crippen molar-refractivity contribution in [1.29, 1.82) is 0 Å². The van der Waals surface area contributed by atoms with E-state index in [4.69, 9.17) is 0 Å². The minimum absolute atomic E-state index is 0.193. The fourth-order valence-corrected chi connectivity index (χ4v) is 2.30. The first kappa shape index (κ1) is 15.9. The molecule has 0 bridgehead atoms. The van der Waals surface area contributed by atoms with Crippen molar-refractivity contribution >= 4 is 17.5 Å². The van der Waals surface area contributed by atoms with E-state index in [0.717, 1.165) is 11.3 Å². The maximum atomic E-state index is 13.6. The van der Waals surface area contributed by atoms with E-state index < -0.39 is 0 Å². The number of nitrogens with one attached hydrogen (secondary N) is 2.